The maximum atomic E-state index is 15.4. The Kier molecular flexibility index (Phi) is 6.93. The summed E-state index contributed by atoms with van der Waals surface area (Å²) in [6.45, 7) is 8.07. The van der Waals surface area contributed by atoms with Crippen molar-refractivity contribution in [3.63, 3.8) is 0 Å². The molecule has 2 aromatic carbocycles. The Labute approximate surface area is 226 Å². The summed E-state index contributed by atoms with van der Waals surface area (Å²) in [6.07, 6.45) is 3.72. The topological polar surface area (TPSA) is 73.9 Å². The van der Waals surface area contributed by atoms with E-state index in [-0.39, 0.29) is 11.9 Å². The molecule has 0 unspecified atom stereocenters. The van der Waals surface area contributed by atoms with Gasteiger partial charge in [-0.25, -0.2) is 14.2 Å². The third-order valence-electron chi connectivity index (χ3n) is 6.64. The predicted molar refractivity (Wildman–Crippen MR) is 150 cm³/mol. The molecule has 3 aromatic rings. The Morgan fingerprint density at radius 1 is 1.08 bits per heavy atom. The average Bonchev–Trinajstić information content (AvgIpc) is 3.25. The number of hydrogen-bond donors (Lipinski definition) is 0. The molecule has 1 fully saturated rings. The summed E-state index contributed by atoms with van der Waals surface area (Å²) in [5, 5.41) is 9.93. The molecule has 1 amide bonds. The molecule has 5 rings (SSSR count). The number of fused-ring (bicyclic) bond motifs is 2. The van der Waals surface area contributed by atoms with Crippen molar-refractivity contribution in [3.8, 4) is 17.2 Å². The van der Waals surface area contributed by atoms with Crippen LogP contribution in [0.3, 0.4) is 0 Å². The molecule has 0 N–H and O–H groups in total. The molecule has 0 atom stereocenters. The number of carbonyl (C=O) groups is 1. The largest absolute Gasteiger partial charge is 0.444 e. The van der Waals surface area contributed by atoms with Crippen molar-refractivity contribution in [1.82, 2.24) is 9.47 Å². The van der Waals surface area contributed by atoms with Gasteiger partial charge >= 0.3 is 6.09 Å². The van der Waals surface area contributed by atoms with Crippen LogP contribution in [0, 0.1) is 17.1 Å². The van der Waals surface area contributed by atoms with Gasteiger partial charge in [-0.1, -0.05) is 12.1 Å². The van der Waals surface area contributed by atoms with Crippen molar-refractivity contribution in [2.24, 2.45) is 4.99 Å². The number of benzene rings is 2. The monoisotopic (exact) mass is 531 g/mol. The number of rotatable bonds is 2. The number of nitrogens with zero attached hydrogens (tertiary/aromatic N) is 5. The van der Waals surface area contributed by atoms with Crippen molar-refractivity contribution in [2.45, 2.75) is 32.9 Å². The molecule has 0 bridgehead atoms. The van der Waals surface area contributed by atoms with Crippen molar-refractivity contribution < 1.29 is 13.9 Å². The zero-order valence-electron chi connectivity index (χ0n) is 22.0. The van der Waals surface area contributed by atoms with E-state index in [1.807, 2.05) is 62.3 Å². The van der Waals surface area contributed by atoms with E-state index in [1.54, 1.807) is 4.90 Å². The van der Waals surface area contributed by atoms with E-state index < -0.39 is 5.60 Å². The summed E-state index contributed by atoms with van der Waals surface area (Å²) in [5.74, 6) is -0.316. The summed E-state index contributed by atoms with van der Waals surface area (Å²) < 4.78 is 23.0. The maximum absolute atomic E-state index is 15.4. The average molecular weight is 532 g/mol. The SMILES string of the molecule is CSC1=Nc2cc(F)c(N3CCN(C(=O)OC(C)(C)C)CC3)cc2Cn2cc(-c3ccc(C#N)cc3)cc21. The van der Waals surface area contributed by atoms with E-state index in [0.717, 1.165) is 27.4 Å². The van der Waals surface area contributed by atoms with Crippen molar-refractivity contribution in [1.29, 1.82) is 5.26 Å². The van der Waals surface area contributed by atoms with Gasteiger partial charge in [-0.2, -0.15) is 5.26 Å². The molecule has 3 heterocycles. The van der Waals surface area contributed by atoms with Crippen LogP contribution in [0.4, 0.5) is 20.6 Å². The molecule has 0 radical (unpaired) electrons. The number of thioether (sulfide) groups is 1. The minimum absolute atomic E-state index is 0.316. The second-order valence-electron chi connectivity index (χ2n) is 10.4. The van der Waals surface area contributed by atoms with Crippen molar-refractivity contribution in [2.75, 3.05) is 37.3 Å². The molecule has 0 aliphatic carbocycles. The second-order valence-corrected chi connectivity index (χ2v) is 11.2. The van der Waals surface area contributed by atoms with Crippen LogP contribution < -0.4 is 4.90 Å². The third kappa shape index (κ3) is 5.27. The van der Waals surface area contributed by atoms with Crippen molar-refractivity contribution >= 4 is 34.3 Å². The van der Waals surface area contributed by atoms with E-state index in [9.17, 15) is 4.79 Å². The quantitative estimate of drug-likeness (QED) is 0.404. The fraction of sp³-hybridized carbons (Fsp3) is 0.345. The van der Waals surface area contributed by atoms with Gasteiger partial charge < -0.3 is 19.1 Å². The lowest BCUT2D eigenvalue weighted by Crippen LogP contribution is -2.50. The van der Waals surface area contributed by atoms with Crippen LogP contribution in [0.1, 0.15) is 37.6 Å². The van der Waals surface area contributed by atoms with Gasteiger partial charge in [-0.3, -0.25) is 0 Å². The summed E-state index contributed by atoms with van der Waals surface area (Å²) in [5.41, 5.74) is 5.19. The summed E-state index contributed by atoms with van der Waals surface area (Å²) in [6, 6.07) is 15.2. The Hall–Kier alpha value is -3.77. The Morgan fingerprint density at radius 2 is 1.79 bits per heavy atom. The molecule has 1 saturated heterocycles. The first-order valence-electron chi connectivity index (χ1n) is 12.5. The van der Waals surface area contributed by atoms with E-state index in [1.165, 1.54) is 17.8 Å². The fourth-order valence-corrected chi connectivity index (χ4v) is 5.31. The highest BCUT2D eigenvalue weighted by molar-refractivity contribution is 8.13. The van der Waals surface area contributed by atoms with Gasteiger partial charge in [0.15, 0.2) is 0 Å². The Bertz CT molecular complexity index is 1440. The summed E-state index contributed by atoms with van der Waals surface area (Å²) in [4.78, 5) is 20.9. The number of hydrogen-bond acceptors (Lipinski definition) is 6. The number of carbonyl (C=O) groups excluding carboxylic acids is 1. The van der Waals surface area contributed by atoms with Crippen LogP contribution in [0.2, 0.25) is 0 Å². The number of aliphatic imine (C=N–C) groups is 1. The highest BCUT2D eigenvalue weighted by atomic mass is 32.2. The van der Waals surface area contributed by atoms with E-state index in [0.29, 0.717) is 49.7 Å². The minimum Gasteiger partial charge on any atom is -0.444 e. The van der Waals surface area contributed by atoms with Gasteiger partial charge in [-0.15, -0.1) is 11.8 Å². The van der Waals surface area contributed by atoms with E-state index in [2.05, 4.69) is 22.9 Å². The number of halogens is 1. The van der Waals surface area contributed by atoms with Crippen LogP contribution in [0.5, 0.6) is 0 Å². The molecular formula is C29H30FN5O2S. The predicted octanol–water partition coefficient (Wildman–Crippen LogP) is 6.03. The van der Waals surface area contributed by atoms with Gasteiger partial charge in [0.2, 0.25) is 0 Å². The molecule has 2 aliphatic rings. The lowest BCUT2D eigenvalue weighted by molar-refractivity contribution is 0.0240. The zero-order chi connectivity index (χ0) is 27.0. The molecule has 196 valence electrons. The van der Waals surface area contributed by atoms with E-state index >= 15 is 4.39 Å². The molecule has 2 aliphatic heterocycles. The van der Waals surface area contributed by atoms with Crippen LogP contribution >= 0.6 is 11.8 Å². The number of amides is 1. The molecule has 0 saturated carbocycles. The molecule has 38 heavy (non-hydrogen) atoms. The number of piperazine rings is 1. The highest BCUT2D eigenvalue weighted by Crippen LogP contribution is 2.36. The number of ether oxygens (including phenoxy) is 1. The number of nitriles is 1. The van der Waals surface area contributed by atoms with Crippen molar-refractivity contribution in [3.05, 3.63) is 71.3 Å². The van der Waals surface area contributed by atoms with Gasteiger partial charge in [0.05, 0.1) is 28.7 Å². The molecule has 9 heteroatoms. The molecule has 0 spiro atoms. The van der Waals surface area contributed by atoms with Crippen LogP contribution in [-0.2, 0) is 11.3 Å². The first kappa shape index (κ1) is 25.9. The van der Waals surface area contributed by atoms with Gasteiger partial charge in [0.25, 0.3) is 0 Å². The first-order chi connectivity index (χ1) is 18.1. The molecule has 7 nitrogen and oxygen atoms in total. The fourth-order valence-electron chi connectivity index (χ4n) is 4.74. The molecular weight excluding hydrogens is 501 g/mol. The molecule has 1 aromatic heterocycles. The maximum Gasteiger partial charge on any atom is 0.410 e. The smallest absolute Gasteiger partial charge is 0.410 e. The third-order valence-corrected chi connectivity index (χ3v) is 7.33. The summed E-state index contributed by atoms with van der Waals surface area (Å²) in [7, 11) is 0. The Morgan fingerprint density at radius 3 is 2.42 bits per heavy atom. The lowest BCUT2D eigenvalue weighted by Gasteiger charge is -2.37. The number of aromatic nitrogens is 1. The lowest BCUT2D eigenvalue weighted by atomic mass is 10.1. The number of anilines is 1. The van der Waals surface area contributed by atoms with Crippen LogP contribution in [-0.4, -0.2) is 58.6 Å². The minimum atomic E-state index is -0.551. The van der Waals surface area contributed by atoms with Crippen LogP contribution in [0.15, 0.2) is 53.7 Å². The van der Waals surface area contributed by atoms with E-state index in [4.69, 9.17) is 15.0 Å². The Balaban J connectivity index is 1.40. The normalized spacial score (nSPS) is 15.2. The highest BCUT2D eigenvalue weighted by Gasteiger charge is 2.28. The van der Waals surface area contributed by atoms with Crippen LogP contribution in [0.25, 0.3) is 11.1 Å². The van der Waals surface area contributed by atoms with Gasteiger partial charge in [0.1, 0.15) is 16.5 Å². The second kappa shape index (κ2) is 10.2. The van der Waals surface area contributed by atoms with Gasteiger partial charge in [-0.05, 0) is 62.4 Å². The summed E-state index contributed by atoms with van der Waals surface area (Å²) >= 11 is 1.53. The van der Waals surface area contributed by atoms with Gasteiger partial charge in [0, 0.05) is 50.6 Å². The standard InChI is InChI=1S/C29H30FN5O2S/c1-29(2,3)37-28(36)34-11-9-33(10-12-34)25-14-22-18-35-17-21(20-7-5-19(16-31)6-8-20)13-26(35)27(38-4)32-24(22)15-23(25)30/h5-8,13-15,17H,9-12,18H2,1-4H3. The first-order valence-corrected chi connectivity index (χ1v) is 13.8. The zero-order valence-corrected chi connectivity index (χ0v) is 22.8.